The summed E-state index contributed by atoms with van der Waals surface area (Å²) in [6, 6.07) is 22.1. The lowest BCUT2D eigenvalue weighted by Gasteiger charge is -2.14. The second-order valence-corrected chi connectivity index (χ2v) is 7.14. The number of nitrogens with zero attached hydrogens (tertiary/aromatic N) is 1. The molecule has 0 heterocycles. The number of nitrogens with one attached hydrogen (secondary N) is 1. The fraction of sp³-hybridized carbons (Fsp3) is 0.120. The lowest BCUT2D eigenvalue weighted by atomic mass is 10.0. The average Bonchev–Trinajstić information content (AvgIpc) is 2.78. The third-order valence-corrected chi connectivity index (χ3v) is 4.83. The van der Waals surface area contributed by atoms with Gasteiger partial charge in [0, 0.05) is 21.8 Å². The van der Waals surface area contributed by atoms with E-state index in [1.54, 1.807) is 42.5 Å². The number of nitriles is 1. The largest absolute Gasteiger partial charge is 0.493 e. The molecule has 3 rings (SSSR count). The van der Waals surface area contributed by atoms with Gasteiger partial charge in [0.25, 0.3) is 5.91 Å². The zero-order chi connectivity index (χ0) is 22.2. The number of aryl methyl sites for hydroxylation is 1. The summed E-state index contributed by atoms with van der Waals surface area (Å²) in [5, 5.41) is 12.9. The summed E-state index contributed by atoms with van der Waals surface area (Å²) < 4.78 is 11.2. The van der Waals surface area contributed by atoms with E-state index < -0.39 is 0 Å². The summed E-state index contributed by atoms with van der Waals surface area (Å²) >= 11 is 6.25. The highest BCUT2D eigenvalue weighted by atomic mass is 35.5. The normalized spacial score (nSPS) is 10.8. The third kappa shape index (κ3) is 5.65. The minimum Gasteiger partial charge on any atom is -0.493 e. The summed E-state index contributed by atoms with van der Waals surface area (Å²) in [6.07, 6.45) is 1.66. The summed E-state index contributed by atoms with van der Waals surface area (Å²) in [6.45, 7) is 1.76. The number of amides is 1. The zero-order valence-electron chi connectivity index (χ0n) is 17.2. The summed E-state index contributed by atoms with van der Waals surface area (Å²) in [4.78, 5) is 12.4. The molecule has 0 spiro atoms. The van der Waals surface area contributed by atoms with Gasteiger partial charge in [0.2, 0.25) is 0 Å². The smallest absolute Gasteiger partial charge is 0.262 e. The van der Waals surface area contributed by atoms with Crippen LogP contribution >= 0.6 is 11.6 Å². The van der Waals surface area contributed by atoms with Gasteiger partial charge in [0.05, 0.1) is 18.8 Å². The molecule has 0 aliphatic rings. The SMILES string of the molecule is COc1cccc(C=C(C#N)c2ccccc2Cl)c1OCC(=O)Nc1ccc(C)cc1. The first-order valence-corrected chi connectivity index (χ1v) is 9.92. The molecule has 1 amide bonds. The topological polar surface area (TPSA) is 71.3 Å². The molecule has 0 atom stereocenters. The van der Waals surface area contributed by atoms with Crippen LogP contribution in [0.15, 0.2) is 66.7 Å². The van der Waals surface area contributed by atoms with Gasteiger partial charge >= 0.3 is 0 Å². The van der Waals surface area contributed by atoms with Gasteiger partial charge in [-0.1, -0.05) is 59.6 Å². The molecule has 1 N–H and O–H groups in total. The minimum absolute atomic E-state index is 0.219. The van der Waals surface area contributed by atoms with E-state index >= 15 is 0 Å². The lowest BCUT2D eigenvalue weighted by molar-refractivity contribution is -0.118. The quantitative estimate of drug-likeness (QED) is 0.381. The standard InChI is InChI=1S/C25H21ClN2O3/c1-17-10-12-20(13-11-17)28-24(29)16-31-25-18(6-5-9-23(25)30-2)14-19(15-27)21-7-3-4-8-22(21)26/h3-14H,16H2,1-2H3,(H,28,29). The van der Waals surface area contributed by atoms with E-state index in [9.17, 15) is 10.1 Å². The molecule has 3 aromatic carbocycles. The Morgan fingerprint density at radius 3 is 2.52 bits per heavy atom. The van der Waals surface area contributed by atoms with Crippen molar-refractivity contribution in [3.63, 3.8) is 0 Å². The number of hydrogen-bond donors (Lipinski definition) is 1. The number of carbonyl (C=O) groups is 1. The van der Waals surface area contributed by atoms with Gasteiger partial charge in [-0.3, -0.25) is 4.79 Å². The molecule has 0 radical (unpaired) electrons. The van der Waals surface area contributed by atoms with Crippen LogP contribution in [-0.2, 0) is 4.79 Å². The monoisotopic (exact) mass is 432 g/mol. The first kappa shape index (κ1) is 21.9. The summed E-state index contributed by atoms with van der Waals surface area (Å²) in [7, 11) is 1.52. The van der Waals surface area contributed by atoms with Crippen molar-refractivity contribution in [2.75, 3.05) is 19.0 Å². The number of halogens is 1. The van der Waals surface area contributed by atoms with E-state index in [0.717, 1.165) is 5.56 Å². The first-order valence-electron chi connectivity index (χ1n) is 9.55. The molecule has 0 fully saturated rings. The number of carbonyl (C=O) groups excluding carboxylic acids is 1. The predicted molar refractivity (Wildman–Crippen MR) is 123 cm³/mol. The van der Waals surface area contributed by atoms with Crippen LogP contribution in [-0.4, -0.2) is 19.6 Å². The Bertz CT molecular complexity index is 1150. The van der Waals surface area contributed by atoms with Gasteiger partial charge in [-0.05, 0) is 37.3 Å². The average molecular weight is 433 g/mol. The molecule has 6 heteroatoms. The Morgan fingerprint density at radius 2 is 1.84 bits per heavy atom. The number of allylic oxidation sites excluding steroid dienone is 1. The van der Waals surface area contributed by atoms with E-state index in [-0.39, 0.29) is 12.5 Å². The molecule has 0 bridgehead atoms. The highest BCUT2D eigenvalue weighted by Crippen LogP contribution is 2.34. The van der Waals surface area contributed by atoms with E-state index in [0.29, 0.717) is 38.9 Å². The van der Waals surface area contributed by atoms with Crippen molar-refractivity contribution < 1.29 is 14.3 Å². The van der Waals surface area contributed by atoms with Crippen LogP contribution in [0.25, 0.3) is 11.6 Å². The zero-order valence-corrected chi connectivity index (χ0v) is 17.9. The number of benzene rings is 3. The molecule has 3 aromatic rings. The number of hydrogen-bond acceptors (Lipinski definition) is 4. The maximum Gasteiger partial charge on any atom is 0.262 e. The van der Waals surface area contributed by atoms with Gasteiger partial charge in [0.15, 0.2) is 18.1 Å². The molecule has 0 saturated carbocycles. The van der Waals surface area contributed by atoms with Crippen molar-refractivity contribution in [3.05, 3.63) is 88.4 Å². The molecule has 31 heavy (non-hydrogen) atoms. The molecule has 0 aromatic heterocycles. The molecular weight excluding hydrogens is 412 g/mol. The fourth-order valence-electron chi connectivity index (χ4n) is 2.94. The van der Waals surface area contributed by atoms with E-state index in [4.69, 9.17) is 21.1 Å². The van der Waals surface area contributed by atoms with Crippen molar-refractivity contribution >= 4 is 34.8 Å². The Kier molecular flexibility index (Phi) is 7.31. The second-order valence-electron chi connectivity index (χ2n) is 6.73. The minimum atomic E-state index is -0.309. The van der Waals surface area contributed by atoms with Crippen molar-refractivity contribution in [2.45, 2.75) is 6.92 Å². The lowest BCUT2D eigenvalue weighted by Crippen LogP contribution is -2.20. The number of methoxy groups -OCH3 is 1. The van der Waals surface area contributed by atoms with Crippen molar-refractivity contribution in [1.29, 1.82) is 5.26 Å². The number of ether oxygens (including phenoxy) is 2. The molecule has 0 unspecified atom stereocenters. The van der Waals surface area contributed by atoms with Crippen LogP contribution in [0.1, 0.15) is 16.7 Å². The third-order valence-electron chi connectivity index (χ3n) is 4.50. The van der Waals surface area contributed by atoms with Gasteiger partial charge in [-0.25, -0.2) is 0 Å². The Morgan fingerprint density at radius 1 is 1.10 bits per heavy atom. The van der Waals surface area contributed by atoms with Crippen LogP contribution < -0.4 is 14.8 Å². The van der Waals surface area contributed by atoms with Crippen LogP contribution in [0, 0.1) is 18.3 Å². The molecule has 5 nitrogen and oxygen atoms in total. The number of rotatable bonds is 7. The van der Waals surface area contributed by atoms with Crippen LogP contribution in [0.2, 0.25) is 5.02 Å². The van der Waals surface area contributed by atoms with E-state index in [2.05, 4.69) is 11.4 Å². The van der Waals surface area contributed by atoms with Gasteiger partial charge < -0.3 is 14.8 Å². The Labute approximate surface area is 186 Å². The summed E-state index contributed by atoms with van der Waals surface area (Å²) in [5.41, 5.74) is 3.36. The maximum atomic E-state index is 12.4. The van der Waals surface area contributed by atoms with Crippen molar-refractivity contribution in [3.8, 4) is 17.6 Å². The molecule has 0 saturated heterocycles. The highest BCUT2D eigenvalue weighted by molar-refractivity contribution is 6.32. The van der Waals surface area contributed by atoms with Crippen LogP contribution in [0.4, 0.5) is 5.69 Å². The van der Waals surface area contributed by atoms with E-state index in [1.807, 2.05) is 37.3 Å². The van der Waals surface area contributed by atoms with Crippen molar-refractivity contribution in [1.82, 2.24) is 0 Å². The molecule has 0 aliphatic heterocycles. The number of anilines is 1. The fourth-order valence-corrected chi connectivity index (χ4v) is 3.18. The molecular formula is C25H21ClN2O3. The van der Waals surface area contributed by atoms with E-state index in [1.165, 1.54) is 7.11 Å². The van der Waals surface area contributed by atoms with Gasteiger partial charge in [0.1, 0.15) is 0 Å². The highest BCUT2D eigenvalue weighted by Gasteiger charge is 2.14. The van der Waals surface area contributed by atoms with Crippen LogP contribution in [0.5, 0.6) is 11.5 Å². The number of para-hydroxylation sites is 1. The van der Waals surface area contributed by atoms with Gasteiger partial charge in [-0.15, -0.1) is 0 Å². The predicted octanol–water partition coefficient (Wildman–Crippen LogP) is 5.74. The first-order chi connectivity index (χ1) is 15.0. The maximum absolute atomic E-state index is 12.4. The van der Waals surface area contributed by atoms with Crippen LogP contribution in [0.3, 0.4) is 0 Å². The Hall–Kier alpha value is -3.75. The van der Waals surface area contributed by atoms with Gasteiger partial charge in [-0.2, -0.15) is 5.26 Å². The summed E-state index contributed by atoms with van der Waals surface area (Å²) in [5.74, 6) is 0.508. The molecule has 0 aliphatic carbocycles. The molecule has 156 valence electrons. The second kappa shape index (κ2) is 10.3. The van der Waals surface area contributed by atoms with Crippen molar-refractivity contribution in [2.24, 2.45) is 0 Å². The Balaban J connectivity index is 1.85.